The van der Waals surface area contributed by atoms with Crippen molar-refractivity contribution in [1.29, 1.82) is 0 Å². The Kier molecular flexibility index (Phi) is 4.25. The van der Waals surface area contributed by atoms with Crippen LogP contribution in [0.25, 0.3) is 0 Å². The van der Waals surface area contributed by atoms with Gasteiger partial charge in [0.25, 0.3) is 0 Å². The SMILES string of the molecule is COc1cccc(OCC(N)Cc2ccco2)c1. The summed E-state index contributed by atoms with van der Waals surface area (Å²) in [5, 5.41) is 0. The maximum absolute atomic E-state index is 5.97. The molecule has 4 nitrogen and oxygen atoms in total. The Bertz CT molecular complexity index is 468. The summed E-state index contributed by atoms with van der Waals surface area (Å²) in [5.41, 5.74) is 5.97. The third-order valence-electron chi connectivity index (χ3n) is 2.55. The zero-order chi connectivity index (χ0) is 12.8. The van der Waals surface area contributed by atoms with Crippen LogP contribution in [0.1, 0.15) is 5.76 Å². The van der Waals surface area contributed by atoms with Gasteiger partial charge < -0.3 is 19.6 Å². The van der Waals surface area contributed by atoms with Gasteiger partial charge in [-0.05, 0) is 24.3 Å². The largest absolute Gasteiger partial charge is 0.497 e. The van der Waals surface area contributed by atoms with E-state index in [0.29, 0.717) is 13.0 Å². The van der Waals surface area contributed by atoms with Gasteiger partial charge in [0.2, 0.25) is 0 Å². The molecule has 1 atom stereocenters. The summed E-state index contributed by atoms with van der Waals surface area (Å²) >= 11 is 0. The molecule has 0 fully saturated rings. The van der Waals surface area contributed by atoms with Crippen molar-refractivity contribution in [3.05, 3.63) is 48.4 Å². The predicted molar refractivity (Wildman–Crippen MR) is 68.9 cm³/mol. The number of ether oxygens (including phenoxy) is 2. The summed E-state index contributed by atoms with van der Waals surface area (Å²) in [6.07, 6.45) is 2.31. The average molecular weight is 247 g/mol. The molecule has 0 amide bonds. The molecule has 0 saturated heterocycles. The van der Waals surface area contributed by atoms with Gasteiger partial charge in [0, 0.05) is 18.5 Å². The average Bonchev–Trinajstić information content (AvgIpc) is 2.89. The number of hydrogen-bond donors (Lipinski definition) is 1. The summed E-state index contributed by atoms with van der Waals surface area (Å²) in [6, 6.07) is 11.1. The van der Waals surface area contributed by atoms with E-state index in [1.807, 2.05) is 36.4 Å². The number of benzene rings is 1. The van der Waals surface area contributed by atoms with Gasteiger partial charge in [-0.25, -0.2) is 0 Å². The summed E-state index contributed by atoms with van der Waals surface area (Å²) in [5.74, 6) is 2.40. The Hall–Kier alpha value is -1.94. The highest BCUT2D eigenvalue weighted by molar-refractivity contribution is 5.32. The lowest BCUT2D eigenvalue weighted by Gasteiger charge is -2.12. The first-order valence-corrected chi connectivity index (χ1v) is 5.83. The Morgan fingerprint density at radius 1 is 1.22 bits per heavy atom. The molecule has 1 aromatic carbocycles. The van der Waals surface area contributed by atoms with Crippen LogP contribution in [0.15, 0.2) is 47.1 Å². The Labute approximate surface area is 106 Å². The minimum atomic E-state index is -0.0950. The van der Waals surface area contributed by atoms with Crippen molar-refractivity contribution < 1.29 is 13.9 Å². The first kappa shape index (κ1) is 12.5. The van der Waals surface area contributed by atoms with Gasteiger partial charge >= 0.3 is 0 Å². The van der Waals surface area contributed by atoms with Gasteiger partial charge in [-0.15, -0.1) is 0 Å². The number of rotatable bonds is 6. The highest BCUT2D eigenvalue weighted by atomic mass is 16.5. The fraction of sp³-hybridized carbons (Fsp3) is 0.286. The summed E-state index contributed by atoms with van der Waals surface area (Å²) in [6.45, 7) is 0.438. The van der Waals surface area contributed by atoms with Gasteiger partial charge in [-0.1, -0.05) is 6.07 Å². The quantitative estimate of drug-likeness (QED) is 0.850. The zero-order valence-electron chi connectivity index (χ0n) is 10.3. The fourth-order valence-corrected chi connectivity index (χ4v) is 1.64. The summed E-state index contributed by atoms with van der Waals surface area (Å²) < 4.78 is 16.0. The van der Waals surface area contributed by atoms with Crippen molar-refractivity contribution in [3.8, 4) is 11.5 Å². The van der Waals surface area contributed by atoms with Crippen LogP contribution in [0.5, 0.6) is 11.5 Å². The maximum Gasteiger partial charge on any atom is 0.123 e. The van der Waals surface area contributed by atoms with E-state index in [2.05, 4.69) is 0 Å². The monoisotopic (exact) mass is 247 g/mol. The molecule has 1 heterocycles. The highest BCUT2D eigenvalue weighted by Gasteiger charge is 2.07. The molecule has 1 aromatic heterocycles. The van der Waals surface area contributed by atoms with Crippen LogP contribution in [0.3, 0.4) is 0 Å². The highest BCUT2D eigenvalue weighted by Crippen LogP contribution is 2.19. The van der Waals surface area contributed by atoms with Crippen molar-refractivity contribution in [2.45, 2.75) is 12.5 Å². The van der Waals surface area contributed by atoms with Crippen LogP contribution < -0.4 is 15.2 Å². The normalized spacial score (nSPS) is 12.1. The van der Waals surface area contributed by atoms with E-state index in [9.17, 15) is 0 Å². The molecule has 2 N–H and O–H groups in total. The standard InChI is InChI=1S/C14H17NO3/c1-16-12-4-2-5-14(9-12)18-10-11(15)8-13-6-3-7-17-13/h2-7,9,11H,8,10,15H2,1H3. The van der Waals surface area contributed by atoms with Gasteiger partial charge in [-0.3, -0.25) is 0 Å². The molecule has 2 rings (SSSR count). The van der Waals surface area contributed by atoms with Crippen LogP contribution >= 0.6 is 0 Å². The lowest BCUT2D eigenvalue weighted by molar-refractivity contribution is 0.280. The first-order chi connectivity index (χ1) is 8.78. The third-order valence-corrected chi connectivity index (χ3v) is 2.55. The minimum Gasteiger partial charge on any atom is -0.497 e. The molecular formula is C14H17NO3. The van der Waals surface area contributed by atoms with Crippen LogP contribution in [-0.2, 0) is 6.42 Å². The molecule has 96 valence electrons. The predicted octanol–water partition coefficient (Wildman–Crippen LogP) is 2.24. The van der Waals surface area contributed by atoms with Crippen LogP contribution in [0.2, 0.25) is 0 Å². The van der Waals surface area contributed by atoms with E-state index in [0.717, 1.165) is 17.3 Å². The van der Waals surface area contributed by atoms with Crippen LogP contribution in [0.4, 0.5) is 0 Å². The number of nitrogens with two attached hydrogens (primary N) is 1. The Balaban J connectivity index is 1.83. The Morgan fingerprint density at radius 2 is 2.06 bits per heavy atom. The molecule has 0 bridgehead atoms. The molecule has 0 radical (unpaired) electrons. The van der Waals surface area contributed by atoms with Gasteiger partial charge in [0.15, 0.2) is 0 Å². The van der Waals surface area contributed by atoms with Crippen LogP contribution in [-0.4, -0.2) is 19.8 Å². The molecule has 0 spiro atoms. The number of furan rings is 1. The van der Waals surface area contributed by atoms with E-state index in [-0.39, 0.29) is 6.04 Å². The second-order valence-electron chi connectivity index (χ2n) is 4.03. The minimum absolute atomic E-state index is 0.0950. The smallest absolute Gasteiger partial charge is 0.123 e. The topological polar surface area (TPSA) is 57.6 Å². The van der Waals surface area contributed by atoms with Crippen molar-refractivity contribution in [3.63, 3.8) is 0 Å². The zero-order valence-corrected chi connectivity index (χ0v) is 10.3. The van der Waals surface area contributed by atoms with Crippen molar-refractivity contribution in [2.75, 3.05) is 13.7 Å². The van der Waals surface area contributed by atoms with E-state index < -0.39 is 0 Å². The molecule has 0 aliphatic rings. The molecule has 2 aromatic rings. The molecular weight excluding hydrogens is 230 g/mol. The van der Waals surface area contributed by atoms with E-state index in [1.54, 1.807) is 13.4 Å². The fourth-order valence-electron chi connectivity index (χ4n) is 1.64. The van der Waals surface area contributed by atoms with E-state index in [1.165, 1.54) is 0 Å². The lowest BCUT2D eigenvalue weighted by atomic mass is 10.2. The second-order valence-corrected chi connectivity index (χ2v) is 4.03. The van der Waals surface area contributed by atoms with Crippen LogP contribution in [0, 0.1) is 0 Å². The maximum atomic E-state index is 5.97. The van der Waals surface area contributed by atoms with Crippen molar-refractivity contribution in [1.82, 2.24) is 0 Å². The van der Waals surface area contributed by atoms with Gasteiger partial charge in [-0.2, -0.15) is 0 Å². The third kappa shape index (κ3) is 3.53. The van der Waals surface area contributed by atoms with Crippen molar-refractivity contribution in [2.24, 2.45) is 5.73 Å². The molecule has 1 unspecified atom stereocenters. The Morgan fingerprint density at radius 3 is 2.78 bits per heavy atom. The van der Waals surface area contributed by atoms with Crippen molar-refractivity contribution >= 4 is 0 Å². The van der Waals surface area contributed by atoms with E-state index in [4.69, 9.17) is 19.6 Å². The molecule has 18 heavy (non-hydrogen) atoms. The summed E-state index contributed by atoms with van der Waals surface area (Å²) in [7, 11) is 1.63. The summed E-state index contributed by atoms with van der Waals surface area (Å²) in [4.78, 5) is 0. The lowest BCUT2D eigenvalue weighted by Crippen LogP contribution is -2.30. The van der Waals surface area contributed by atoms with Gasteiger partial charge in [0.1, 0.15) is 23.9 Å². The molecule has 4 heteroatoms. The number of hydrogen-bond acceptors (Lipinski definition) is 4. The number of methoxy groups -OCH3 is 1. The first-order valence-electron chi connectivity index (χ1n) is 5.83. The molecule has 0 aliphatic heterocycles. The molecule has 0 saturated carbocycles. The van der Waals surface area contributed by atoms with E-state index >= 15 is 0 Å². The van der Waals surface area contributed by atoms with Gasteiger partial charge in [0.05, 0.1) is 13.4 Å². The molecule has 0 aliphatic carbocycles. The second kappa shape index (κ2) is 6.12.